The van der Waals surface area contributed by atoms with Crippen molar-refractivity contribution < 1.29 is 4.79 Å². The van der Waals surface area contributed by atoms with Gasteiger partial charge in [-0.3, -0.25) is 4.79 Å². The molecule has 2 aliphatic rings. The van der Waals surface area contributed by atoms with Crippen molar-refractivity contribution in [3.05, 3.63) is 0 Å². The van der Waals surface area contributed by atoms with E-state index in [4.69, 9.17) is 0 Å². The summed E-state index contributed by atoms with van der Waals surface area (Å²) in [6.45, 7) is 2.16. The molecule has 1 atom stereocenters. The van der Waals surface area contributed by atoms with Gasteiger partial charge in [0.1, 0.15) is 0 Å². The highest BCUT2D eigenvalue weighted by Gasteiger charge is 2.30. The van der Waals surface area contributed by atoms with Gasteiger partial charge in [-0.2, -0.15) is 0 Å². The Bertz CT molecular complexity index is 181. The molecule has 2 rings (SSSR count). The summed E-state index contributed by atoms with van der Waals surface area (Å²) in [6.07, 6.45) is 5.65. The number of nitrogens with one attached hydrogen (secondary N) is 2. The van der Waals surface area contributed by atoms with Crippen LogP contribution in [0.25, 0.3) is 0 Å². The fourth-order valence-electron chi connectivity index (χ4n) is 1.83. The molecule has 3 nitrogen and oxygen atoms in total. The first-order valence-electron chi connectivity index (χ1n) is 5.37. The van der Waals surface area contributed by atoms with E-state index in [0.29, 0.717) is 17.9 Å². The van der Waals surface area contributed by atoms with Gasteiger partial charge in [0, 0.05) is 12.0 Å². The number of rotatable bonds is 2. The highest BCUT2D eigenvalue weighted by Crippen LogP contribution is 2.29. The highest BCUT2D eigenvalue weighted by atomic mass is 16.2. The lowest BCUT2D eigenvalue weighted by Crippen LogP contribution is -2.36. The van der Waals surface area contributed by atoms with E-state index in [1.807, 2.05) is 0 Å². The van der Waals surface area contributed by atoms with Crippen LogP contribution in [0.3, 0.4) is 0 Å². The highest BCUT2D eigenvalue weighted by molar-refractivity contribution is 5.81. The van der Waals surface area contributed by atoms with Gasteiger partial charge in [0.2, 0.25) is 5.91 Å². The van der Waals surface area contributed by atoms with E-state index < -0.39 is 0 Å². The van der Waals surface area contributed by atoms with Crippen molar-refractivity contribution in [3.8, 4) is 0 Å². The Labute approximate surface area is 79.3 Å². The average molecular weight is 182 g/mol. The largest absolute Gasteiger partial charge is 0.353 e. The lowest BCUT2D eigenvalue weighted by Gasteiger charge is -2.15. The van der Waals surface area contributed by atoms with Gasteiger partial charge in [0.15, 0.2) is 0 Å². The van der Waals surface area contributed by atoms with E-state index in [2.05, 4.69) is 10.6 Å². The van der Waals surface area contributed by atoms with E-state index in [0.717, 1.165) is 38.8 Å². The summed E-state index contributed by atoms with van der Waals surface area (Å²) in [5.41, 5.74) is 0. The molecule has 0 aromatic rings. The molecular formula is C10H18N2O. The molecule has 0 aromatic heterocycles. The second kappa shape index (κ2) is 4.09. The van der Waals surface area contributed by atoms with Crippen LogP contribution in [0.5, 0.6) is 0 Å². The second-order valence-electron chi connectivity index (χ2n) is 4.16. The maximum absolute atomic E-state index is 11.5. The topological polar surface area (TPSA) is 41.1 Å². The molecule has 0 bridgehead atoms. The molecule has 1 amide bonds. The van der Waals surface area contributed by atoms with Gasteiger partial charge in [-0.15, -0.1) is 0 Å². The van der Waals surface area contributed by atoms with Gasteiger partial charge in [0.25, 0.3) is 0 Å². The van der Waals surface area contributed by atoms with Crippen molar-refractivity contribution in [3.63, 3.8) is 0 Å². The minimum absolute atomic E-state index is 0.298. The molecule has 0 spiro atoms. The van der Waals surface area contributed by atoms with Crippen LogP contribution in [0.1, 0.15) is 32.1 Å². The third-order valence-corrected chi connectivity index (χ3v) is 2.87. The average Bonchev–Trinajstić information content (AvgIpc) is 2.92. The third kappa shape index (κ3) is 2.69. The molecule has 0 aromatic carbocycles. The van der Waals surface area contributed by atoms with Crippen molar-refractivity contribution in [1.82, 2.24) is 10.6 Å². The number of hydrogen-bond donors (Lipinski definition) is 2. The summed E-state index contributed by atoms with van der Waals surface area (Å²) in [4.78, 5) is 11.5. The Kier molecular flexibility index (Phi) is 2.83. The SMILES string of the molecule is O=C(NC1CCCNCC1)C1CC1. The van der Waals surface area contributed by atoms with Crippen molar-refractivity contribution >= 4 is 5.91 Å². The molecule has 0 radical (unpaired) electrons. The molecule has 1 saturated heterocycles. The predicted molar refractivity (Wildman–Crippen MR) is 51.4 cm³/mol. The zero-order valence-electron chi connectivity index (χ0n) is 8.01. The fraction of sp³-hybridized carbons (Fsp3) is 0.900. The summed E-state index contributed by atoms with van der Waals surface area (Å²) >= 11 is 0. The summed E-state index contributed by atoms with van der Waals surface area (Å²) in [5, 5.41) is 6.49. The summed E-state index contributed by atoms with van der Waals surface area (Å²) < 4.78 is 0. The maximum Gasteiger partial charge on any atom is 0.223 e. The van der Waals surface area contributed by atoms with E-state index >= 15 is 0 Å². The lowest BCUT2D eigenvalue weighted by molar-refractivity contribution is -0.123. The Hall–Kier alpha value is -0.570. The van der Waals surface area contributed by atoms with Gasteiger partial charge in [-0.1, -0.05) is 0 Å². The van der Waals surface area contributed by atoms with Crippen LogP contribution in [0.15, 0.2) is 0 Å². The van der Waals surface area contributed by atoms with E-state index in [1.165, 1.54) is 6.42 Å². The normalized spacial score (nSPS) is 29.4. The Balaban J connectivity index is 1.74. The molecular weight excluding hydrogens is 164 g/mol. The van der Waals surface area contributed by atoms with Crippen molar-refractivity contribution in [1.29, 1.82) is 0 Å². The summed E-state index contributed by atoms with van der Waals surface area (Å²) in [7, 11) is 0. The predicted octanol–water partition coefficient (Wildman–Crippen LogP) is 0.655. The first-order chi connectivity index (χ1) is 6.36. The lowest BCUT2D eigenvalue weighted by atomic mass is 10.1. The summed E-state index contributed by atoms with van der Waals surface area (Å²) in [6, 6.07) is 0.433. The van der Waals surface area contributed by atoms with Gasteiger partial charge >= 0.3 is 0 Å². The molecule has 2 N–H and O–H groups in total. The van der Waals surface area contributed by atoms with Gasteiger partial charge in [-0.05, 0) is 45.2 Å². The van der Waals surface area contributed by atoms with Gasteiger partial charge < -0.3 is 10.6 Å². The fourth-order valence-corrected chi connectivity index (χ4v) is 1.83. The van der Waals surface area contributed by atoms with Gasteiger partial charge in [0.05, 0.1) is 0 Å². The molecule has 2 fully saturated rings. The quantitative estimate of drug-likeness (QED) is 0.658. The minimum atomic E-state index is 0.298. The standard InChI is InChI=1S/C10H18N2O/c13-10(8-3-4-8)12-9-2-1-6-11-7-5-9/h8-9,11H,1-7H2,(H,12,13). The van der Waals surface area contributed by atoms with Crippen molar-refractivity contribution in [2.45, 2.75) is 38.1 Å². The Morgan fingerprint density at radius 2 is 2.00 bits per heavy atom. The Morgan fingerprint density at radius 1 is 1.15 bits per heavy atom. The number of carbonyl (C=O) groups excluding carboxylic acids is 1. The first kappa shape index (κ1) is 9.00. The van der Waals surface area contributed by atoms with Gasteiger partial charge in [-0.25, -0.2) is 0 Å². The van der Waals surface area contributed by atoms with Crippen molar-refractivity contribution in [2.75, 3.05) is 13.1 Å². The van der Waals surface area contributed by atoms with Crippen LogP contribution in [0, 0.1) is 5.92 Å². The minimum Gasteiger partial charge on any atom is -0.353 e. The third-order valence-electron chi connectivity index (χ3n) is 2.87. The van der Waals surface area contributed by atoms with Crippen LogP contribution in [-0.4, -0.2) is 25.0 Å². The second-order valence-corrected chi connectivity index (χ2v) is 4.16. The van der Waals surface area contributed by atoms with Crippen LogP contribution in [-0.2, 0) is 4.79 Å². The molecule has 74 valence electrons. The summed E-state index contributed by atoms with van der Waals surface area (Å²) in [5.74, 6) is 0.656. The van der Waals surface area contributed by atoms with E-state index in [1.54, 1.807) is 0 Å². The molecule has 3 heteroatoms. The molecule has 13 heavy (non-hydrogen) atoms. The zero-order valence-corrected chi connectivity index (χ0v) is 8.01. The van der Waals surface area contributed by atoms with E-state index in [-0.39, 0.29) is 0 Å². The van der Waals surface area contributed by atoms with E-state index in [9.17, 15) is 4.79 Å². The van der Waals surface area contributed by atoms with Crippen LogP contribution in [0.4, 0.5) is 0 Å². The van der Waals surface area contributed by atoms with Crippen LogP contribution < -0.4 is 10.6 Å². The molecule has 1 heterocycles. The molecule has 1 aliphatic carbocycles. The zero-order chi connectivity index (χ0) is 9.10. The number of hydrogen-bond acceptors (Lipinski definition) is 2. The number of carbonyl (C=O) groups is 1. The Morgan fingerprint density at radius 3 is 2.77 bits per heavy atom. The number of amides is 1. The van der Waals surface area contributed by atoms with Crippen molar-refractivity contribution in [2.24, 2.45) is 5.92 Å². The van der Waals surface area contributed by atoms with Crippen LogP contribution in [0.2, 0.25) is 0 Å². The molecule has 1 unspecified atom stereocenters. The maximum atomic E-state index is 11.5. The van der Waals surface area contributed by atoms with Crippen LogP contribution >= 0.6 is 0 Å². The smallest absolute Gasteiger partial charge is 0.223 e. The molecule has 1 saturated carbocycles. The monoisotopic (exact) mass is 182 g/mol. The molecule has 1 aliphatic heterocycles. The first-order valence-corrected chi connectivity index (χ1v) is 5.37.